The Balaban J connectivity index is 1.13. The molecule has 0 fully saturated rings. The minimum absolute atomic E-state index is 0.582. The highest BCUT2D eigenvalue weighted by Gasteiger charge is 2.27. The Bertz CT molecular complexity index is 3450. The van der Waals surface area contributed by atoms with Gasteiger partial charge in [-0.3, -0.25) is 0 Å². The maximum Gasteiger partial charge on any atom is 0.165 e. The van der Waals surface area contributed by atoms with Crippen molar-refractivity contribution in [1.29, 1.82) is 0 Å². The third-order valence-electron chi connectivity index (χ3n) is 11.6. The van der Waals surface area contributed by atoms with E-state index in [4.69, 9.17) is 23.8 Å². The fourth-order valence-corrected chi connectivity index (χ4v) is 8.87. The molecule has 0 spiro atoms. The molecule has 5 heteroatoms. The van der Waals surface area contributed by atoms with Gasteiger partial charge in [-0.25, -0.2) is 15.0 Å². The highest BCUT2D eigenvalue weighted by Crippen LogP contribution is 2.44. The molecule has 11 aromatic rings. The molecule has 0 saturated carbocycles. The van der Waals surface area contributed by atoms with Gasteiger partial charge in [0.25, 0.3) is 0 Å². The first kappa shape index (κ1) is 32.6. The predicted molar refractivity (Wildman–Crippen MR) is 235 cm³/mol. The van der Waals surface area contributed by atoms with Crippen LogP contribution in [0.15, 0.2) is 185 Å². The highest BCUT2D eigenvalue weighted by molar-refractivity contribution is 6.15. The van der Waals surface area contributed by atoms with E-state index in [9.17, 15) is 0 Å². The van der Waals surface area contributed by atoms with E-state index in [-0.39, 0.29) is 0 Å². The first-order valence-electron chi connectivity index (χ1n) is 19.7. The van der Waals surface area contributed by atoms with Crippen molar-refractivity contribution in [3.63, 3.8) is 0 Å². The Labute approximate surface area is 333 Å². The molecular formula is C53H33N3O2. The number of benzene rings is 8. The highest BCUT2D eigenvalue weighted by atomic mass is 16.3. The molecule has 0 aliphatic heterocycles. The summed E-state index contributed by atoms with van der Waals surface area (Å²) in [7, 11) is 0. The topological polar surface area (TPSA) is 65.0 Å². The maximum absolute atomic E-state index is 6.52. The van der Waals surface area contributed by atoms with Gasteiger partial charge in [0.1, 0.15) is 22.5 Å². The van der Waals surface area contributed by atoms with Crippen LogP contribution in [0.25, 0.3) is 105 Å². The number of aromatic nitrogens is 3. The Morgan fingerprint density at radius 1 is 0.397 bits per heavy atom. The van der Waals surface area contributed by atoms with Gasteiger partial charge < -0.3 is 8.83 Å². The van der Waals surface area contributed by atoms with Crippen LogP contribution in [0.5, 0.6) is 0 Å². The second-order valence-corrected chi connectivity index (χ2v) is 15.0. The zero-order valence-electron chi connectivity index (χ0n) is 31.3. The molecule has 0 atom stereocenters. The molecule has 3 heterocycles. The molecule has 0 unspecified atom stereocenters. The smallest absolute Gasteiger partial charge is 0.165 e. The Kier molecular flexibility index (Phi) is 7.29. The number of rotatable bonds is 5. The van der Waals surface area contributed by atoms with Crippen molar-refractivity contribution >= 4 is 60.0 Å². The molecule has 3 aromatic heterocycles. The fraction of sp³-hybridized carbons (Fsp3) is 0.0377. The van der Waals surface area contributed by atoms with Crippen LogP contribution >= 0.6 is 0 Å². The lowest BCUT2D eigenvalue weighted by atomic mass is 9.92. The van der Waals surface area contributed by atoms with Crippen molar-refractivity contribution in [2.24, 2.45) is 0 Å². The van der Waals surface area contributed by atoms with Gasteiger partial charge in [-0.05, 0) is 80.6 Å². The van der Waals surface area contributed by atoms with Gasteiger partial charge in [0.2, 0.25) is 0 Å². The SMILES string of the molecule is C1=C(c2nc(-c3ccc4c(ccc5ccccc54)c3)nc(-c3c(-c4ccc(-c5ccccc5)cc4)ccc4oc5ccccc5c34)n2)c2c(oc3ccccc23)CC1. The normalized spacial score (nSPS) is 12.8. The molecule has 58 heavy (non-hydrogen) atoms. The average molecular weight is 744 g/mol. The maximum atomic E-state index is 6.52. The Morgan fingerprint density at radius 3 is 1.90 bits per heavy atom. The summed E-state index contributed by atoms with van der Waals surface area (Å²) >= 11 is 0. The third-order valence-corrected chi connectivity index (χ3v) is 11.6. The minimum atomic E-state index is 0.582. The minimum Gasteiger partial charge on any atom is -0.460 e. The second kappa shape index (κ2) is 13.0. The number of allylic oxidation sites excluding steroid dienone is 1. The van der Waals surface area contributed by atoms with E-state index in [2.05, 4.69) is 146 Å². The largest absolute Gasteiger partial charge is 0.460 e. The molecule has 0 bridgehead atoms. The number of fused-ring (bicyclic) bond motifs is 9. The van der Waals surface area contributed by atoms with Crippen molar-refractivity contribution < 1.29 is 8.83 Å². The van der Waals surface area contributed by atoms with E-state index in [1.807, 2.05) is 30.3 Å². The molecule has 1 aliphatic rings. The molecule has 8 aromatic carbocycles. The van der Waals surface area contributed by atoms with E-state index in [0.29, 0.717) is 17.5 Å². The quantitative estimate of drug-likeness (QED) is 0.164. The van der Waals surface area contributed by atoms with Crippen molar-refractivity contribution in [3.05, 3.63) is 193 Å². The molecule has 0 saturated heterocycles. The lowest BCUT2D eigenvalue weighted by Crippen LogP contribution is -2.07. The summed E-state index contributed by atoms with van der Waals surface area (Å²) in [6.07, 6.45) is 3.90. The van der Waals surface area contributed by atoms with E-state index < -0.39 is 0 Å². The monoisotopic (exact) mass is 743 g/mol. The average Bonchev–Trinajstić information content (AvgIpc) is 3.87. The van der Waals surface area contributed by atoms with E-state index >= 15 is 0 Å². The van der Waals surface area contributed by atoms with Crippen LogP contribution in [-0.2, 0) is 6.42 Å². The molecular weight excluding hydrogens is 711 g/mol. The lowest BCUT2D eigenvalue weighted by molar-refractivity contribution is 0.545. The molecule has 5 nitrogen and oxygen atoms in total. The molecule has 12 rings (SSSR count). The lowest BCUT2D eigenvalue weighted by Gasteiger charge is -2.16. The fourth-order valence-electron chi connectivity index (χ4n) is 8.87. The van der Waals surface area contributed by atoms with E-state index in [1.54, 1.807) is 0 Å². The summed E-state index contributed by atoms with van der Waals surface area (Å²) in [4.78, 5) is 16.2. The summed E-state index contributed by atoms with van der Waals surface area (Å²) in [6.45, 7) is 0. The van der Waals surface area contributed by atoms with Gasteiger partial charge in [0.05, 0.1) is 0 Å². The number of para-hydroxylation sites is 2. The summed E-state index contributed by atoms with van der Waals surface area (Å²) < 4.78 is 13.0. The number of furan rings is 2. The van der Waals surface area contributed by atoms with Crippen molar-refractivity contribution in [2.75, 3.05) is 0 Å². The van der Waals surface area contributed by atoms with Crippen LogP contribution in [0, 0.1) is 0 Å². The van der Waals surface area contributed by atoms with Crippen molar-refractivity contribution in [1.82, 2.24) is 15.0 Å². The van der Waals surface area contributed by atoms with Gasteiger partial charge >= 0.3 is 0 Å². The number of hydrogen-bond donors (Lipinski definition) is 0. The van der Waals surface area contributed by atoms with Crippen LogP contribution in [-0.4, -0.2) is 15.0 Å². The zero-order chi connectivity index (χ0) is 38.2. The number of aryl methyl sites for hydroxylation is 1. The van der Waals surface area contributed by atoms with Crippen LogP contribution in [0.4, 0.5) is 0 Å². The van der Waals surface area contributed by atoms with Gasteiger partial charge in [-0.2, -0.15) is 0 Å². The molecule has 0 amide bonds. The standard InChI is InChI=1S/C53H33N3O2/c1-2-11-32(12-3-1)33-21-23-35(24-22-33)40-29-30-47-49(42-16-7-9-19-45(42)58-47)50(40)53-55-51(37-27-28-39-36(31-37)26-25-34-13-4-5-14-38(34)39)54-52(56-53)43-17-10-20-46-48(43)41-15-6-8-18-44(41)57-46/h1-9,11-19,21-31H,10,20H2. The Morgan fingerprint density at radius 2 is 1.03 bits per heavy atom. The zero-order valence-corrected chi connectivity index (χ0v) is 31.3. The first-order valence-corrected chi connectivity index (χ1v) is 19.7. The van der Waals surface area contributed by atoms with Crippen LogP contribution in [0.3, 0.4) is 0 Å². The summed E-state index contributed by atoms with van der Waals surface area (Å²) in [5, 5.41) is 7.79. The second-order valence-electron chi connectivity index (χ2n) is 15.0. The molecule has 0 N–H and O–H groups in total. The van der Waals surface area contributed by atoms with Crippen LogP contribution < -0.4 is 0 Å². The summed E-state index contributed by atoms with van der Waals surface area (Å²) in [6, 6.07) is 59.4. The van der Waals surface area contributed by atoms with Crippen LogP contribution in [0.1, 0.15) is 23.6 Å². The first-order chi connectivity index (χ1) is 28.7. The van der Waals surface area contributed by atoms with Crippen molar-refractivity contribution in [3.8, 4) is 45.0 Å². The van der Waals surface area contributed by atoms with Gasteiger partial charge in [0.15, 0.2) is 17.5 Å². The van der Waals surface area contributed by atoms with E-state index in [1.165, 1.54) is 21.7 Å². The number of hydrogen-bond acceptors (Lipinski definition) is 5. The van der Waals surface area contributed by atoms with Crippen LogP contribution in [0.2, 0.25) is 0 Å². The third kappa shape index (κ3) is 5.21. The molecule has 1 aliphatic carbocycles. The predicted octanol–water partition coefficient (Wildman–Crippen LogP) is 13.9. The summed E-state index contributed by atoms with van der Waals surface area (Å²) in [5.41, 5.74) is 10.7. The van der Waals surface area contributed by atoms with Crippen molar-refractivity contribution in [2.45, 2.75) is 12.8 Å². The Hall–Kier alpha value is -7.63. The van der Waals surface area contributed by atoms with Gasteiger partial charge in [-0.15, -0.1) is 0 Å². The van der Waals surface area contributed by atoms with Gasteiger partial charge in [-0.1, -0.05) is 146 Å². The molecule has 0 radical (unpaired) electrons. The van der Waals surface area contributed by atoms with Gasteiger partial charge in [0, 0.05) is 44.8 Å². The molecule has 272 valence electrons. The summed E-state index contributed by atoms with van der Waals surface area (Å²) in [5.74, 6) is 2.76. The van der Waals surface area contributed by atoms with E-state index in [0.717, 1.165) is 95.8 Å². The number of nitrogens with zero attached hydrogens (tertiary/aromatic N) is 3.